The van der Waals surface area contributed by atoms with E-state index in [1.807, 2.05) is 4.90 Å². The molecule has 0 saturated carbocycles. The van der Waals surface area contributed by atoms with Crippen molar-refractivity contribution in [3.63, 3.8) is 0 Å². The van der Waals surface area contributed by atoms with Crippen molar-refractivity contribution in [1.29, 1.82) is 0 Å². The van der Waals surface area contributed by atoms with Crippen LogP contribution in [0.2, 0.25) is 0 Å². The molecule has 11 heteroatoms. The average Bonchev–Trinajstić information content (AvgIpc) is 3.48. The second-order valence-corrected chi connectivity index (χ2v) is 10.0. The molecule has 0 spiro atoms. The fourth-order valence-electron chi connectivity index (χ4n) is 4.15. The second-order valence-electron chi connectivity index (χ2n) is 8.13. The van der Waals surface area contributed by atoms with E-state index < -0.39 is 38.4 Å². The number of hydrogen-bond donors (Lipinski definition) is 1. The van der Waals surface area contributed by atoms with Crippen molar-refractivity contribution in [3.8, 4) is 0 Å². The molecule has 4 rings (SSSR count). The Morgan fingerprint density at radius 3 is 2.18 bits per heavy atom. The summed E-state index contributed by atoms with van der Waals surface area (Å²) in [5.74, 6) is -1.82. The van der Waals surface area contributed by atoms with E-state index in [0.29, 0.717) is 31.6 Å². The highest BCUT2D eigenvalue weighted by Gasteiger charge is 2.33. The van der Waals surface area contributed by atoms with Crippen molar-refractivity contribution < 1.29 is 30.8 Å². The lowest BCUT2D eigenvalue weighted by atomic mass is 10.1. The smallest absolute Gasteiger partial charge is 0.370 e. The number of amides is 1. The minimum absolute atomic E-state index is 0.0370. The number of benzene rings is 2. The largest absolute Gasteiger partial charge is 0.416 e. The van der Waals surface area contributed by atoms with Gasteiger partial charge in [-0.25, -0.2) is 12.8 Å². The van der Waals surface area contributed by atoms with Gasteiger partial charge in [-0.15, -0.1) is 0 Å². The standard InChI is InChI=1S/C22H23F4N3O3S/c23-17-7-5-15(13-20(17)33(31,32)29-11-3-4-12-29)21(30)27-18-14-16(22(24,25)26)6-8-19(18)28-9-1-2-10-28/h5-8,13-14H,1-4,9-12H2,(H,27,30). The number of sulfonamides is 1. The molecule has 2 aliphatic heterocycles. The number of halogens is 4. The lowest BCUT2D eigenvalue weighted by molar-refractivity contribution is -0.137. The van der Waals surface area contributed by atoms with Crippen LogP contribution in [0.5, 0.6) is 0 Å². The van der Waals surface area contributed by atoms with Crippen molar-refractivity contribution in [3.05, 3.63) is 53.3 Å². The van der Waals surface area contributed by atoms with Crippen molar-refractivity contribution in [2.75, 3.05) is 36.4 Å². The fraction of sp³-hybridized carbons (Fsp3) is 0.409. The van der Waals surface area contributed by atoms with Crippen molar-refractivity contribution >= 4 is 27.3 Å². The molecule has 1 amide bonds. The van der Waals surface area contributed by atoms with E-state index in [0.717, 1.165) is 47.5 Å². The molecular formula is C22H23F4N3O3S. The maximum Gasteiger partial charge on any atom is 0.416 e. The Bertz CT molecular complexity index is 1160. The van der Waals surface area contributed by atoms with Gasteiger partial charge in [0.05, 0.1) is 16.9 Å². The number of nitrogens with one attached hydrogen (secondary N) is 1. The first-order valence-corrected chi connectivity index (χ1v) is 12.1. The van der Waals surface area contributed by atoms with Gasteiger partial charge in [0, 0.05) is 31.7 Å². The summed E-state index contributed by atoms with van der Waals surface area (Å²) in [4.78, 5) is 14.2. The van der Waals surface area contributed by atoms with E-state index >= 15 is 0 Å². The molecule has 2 fully saturated rings. The molecule has 0 bridgehead atoms. The number of hydrogen-bond acceptors (Lipinski definition) is 4. The van der Waals surface area contributed by atoms with Crippen molar-refractivity contribution in [2.24, 2.45) is 0 Å². The van der Waals surface area contributed by atoms with Crippen LogP contribution in [0.1, 0.15) is 41.6 Å². The van der Waals surface area contributed by atoms with Crippen LogP contribution in [0.15, 0.2) is 41.3 Å². The van der Waals surface area contributed by atoms with E-state index in [9.17, 15) is 30.8 Å². The van der Waals surface area contributed by atoms with E-state index in [1.54, 1.807) is 0 Å². The summed E-state index contributed by atoms with van der Waals surface area (Å²) in [5, 5.41) is 2.47. The topological polar surface area (TPSA) is 69.7 Å². The van der Waals surface area contributed by atoms with Gasteiger partial charge in [-0.1, -0.05) is 0 Å². The molecule has 0 unspecified atom stereocenters. The summed E-state index contributed by atoms with van der Waals surface area (Å²) in [5.41, 5.74) is -0.679. The third-order valence-electron chi connectivity index (χ3n) is 5.90. The van der Waals surface area contributed by atoms with E-state index in [1.165, 1.54) is 6.07 Å². The van der Waals surface area contributed by atoms with Gasteiger partial charge < -0.3 is 10.2 Å². The highest BCUT2D eigenvalue weighted by atomic mass is 32.2. The molecule has 2 saturated heterocycles. The van der Waals surface area contributed by atoms with Crippen LogP contribution < -0.4 is 10.2 Å². The molecule has 0 aliphatic carbocycles. The molecule has 0 atom stereocenters. The molecule has 2 aromatic rings. The molecule has 1 N–H and O–H groups in total. The maximum atomic E-state index is 14.4. The Kier molecular flexibility index (Phi) is 6.37. The third kappa shape index (κ3) is 4.84. The van der Waals surface area contributed by atoms with Crippen LogP contribution >= 0.6 is 0 Å². The van der Waals surface area contributed by atoms with Gasteiger partial charge in [0.2, 0.25) is 10.0 Å². The quantitative estimate of drug-likeness (QED) is 0.634. The van der Waals surface area contributed by atoms with Gasteiger partial charge in [0.25, 0.3) is 5.91 Å². The number of alkyl halides is 3. The van der Waals surface area contributed by atoms with E-state index in [2.05, 4.69) is 5.32 Å². The Morgan fingerprint density at radius 1 is 0.909 bits per heavy atom. The first-order valence-electron chi connectivity index (χ1n) is 10.6. The summed E-state index contributed by atoms with van der Waals surface area (Å²) in [6.07, 6.45) is -1.52. The molecule has 0 radical (unpaired) electrons. The van der Waals surface area contributed by atoms with Crippen molar-refractivity contribution in [1.82, 2.24) is 4.31 Å². The SMILES string of the molecule is O=C(Nc1cc(C(F)(F)F)ccc1N1CCCC1)c1ccc(F)c(S(=O)(=O)N2CCCC2)c1. The number of anilines is 2. The lowest BCUT2D eigenvalue weighted by Gasteiger charge is -2.23. The Labute approximate surface area is 189 Å². The van der Waals surface area contributed by atoms with Crippen LogP contribution in [0.4, 0.5) is 28.9 Å². The first-order chi connectivity index (χ1) is 15.6. The van der Waals surface area contributed by atoms with Gasteiger partial charge in [0.1, 0.15) is 10.7 Å². The van der Waals surface area contributed by atoms with Crippen LogP contribution in [0, 0.1) is 5.82 Å². The second kappa shape index (κ2) is 8.94. The molecule has 2 aliphatic rings. The molecule has 33 heavy (non-hydrogen) atoms. The van der Waals surface area contributed by atoms with E-state index in [-0.39, 0.29) is 24.3 Å². The van der Waals surface area contributed by atoms with E-state index in [4.69, 9.17) is 0 Å². The number of carbonyl (C=O) groups is 1. The summed E-state index contributed by atoms with van der Waals surface area (Å²) < 4.78 is 81.0. The zero-order chi connectivity index (χ0) is 23.8. The molecular weight excluding hydrogens is 462 g/mol. The molecule has 178 valence electrons. The third-order valence-corrected chi connectivity index (χ3v) is 7.81. The summed E-state index contributed by atoms with van der Waals surface area (Å²) in [7, 11) is -4.12. The first kappa shape index (κ1) is 23.5. The summed E-state index contributed by atoms with van der Waals surface area (Å²) in [6.45, 7) is 1.81. The monoisotopic (exact) mass is 485 g/mol. The maximum absolute atomic E-state index is 14.4. The van der Waals surface area contributed by atoms with Gasteiger partial charge in [-0.3, -0.25) is 4.79 Å². The number of carbonyl (C=O) groups excluding carboxylic acids is 1. The van der Waals surface area contributed by atoms with Crippen LogP contribution in [0.25, 0.3) is 0 Å². The number of rotatable bonds is 5. The molecule has 2 heterocycles. The van der Waals surface area contributed by atoms with Gasteiger partial charge >= 0.3 is 6.18 Å². The zero-order valence-electron chi connectivity index (χ0n) is 17.7. The van der Waals surface area contributed by atoms with Crippen LogP contribution in [-0.4, -0.2) is 44.8 Å². The highest BCUT2D eigenvalue weighted by Crippen LogP contribution is 2.37. The fourth-order valence-corrected chi connectivity index (χ4v) is 5.76. The summed E-state index contributed by atoms with van der Waals surface area (Å²) in [6, 6.07) is 6.06. The molecule has 0 aromatic heterocycles. The van der Waals surface area contributed by atoms with Gasteiger partial charge in [-0.05, 0) is 62.1 Å². The highest BCUT2D eigenvalue weighted by molar-refractivity contribution is 7.89. The zero-order valence-corrected chi connectivity index (χ0v) is 18.5. The Morgan fingerprint density at radius 2 is 1.55 bits per heavy atom. The van der Waals surface area contributed by atoms with Gasteiger partial charge in [-0.2, -0.15) is 17.5 Å². The Hall–Kier alpha value is -2.66. The molecule has 6 nitrogen and oxygen atoms in total. The molecule has 2 aromatic carbocycles. The summed E-state index contributed by atoms with van der Waals surface area (Å²) >= 11 is 0. The average molecular weight is 486 g/mol. The van der Waals surface area contributed by atoms with Gasteiger partial charge in [0.15, 0.2) is 0 Å². The minimum atomic E-state index is -4.60. The minimum Gasteiger partial charge on any atom is -0.370 e. The Balaban J connectivity index is 1.67. The van der Waals surface area contributed by atoms with Crippen LogP contribution in [-0.2, 0) is 16.2 Å². The normalized spacial score (nSPS) is 17.5. The van der Waals surface area contributed by atoms with Crippen molar-refractivity contribution in [2.45, 2.75) is 36.8 Å². The lowest BCUT2D eigenvalue weighted by Crippen LogP contribution is -2.29. The predicted octanol–water partition coefficient (Wildman–Crippen LogP) is 4.48. The van der Waals surface area contributed by atoms with Crippen LogP contribution in [0.3, 0.4) is 0 Å². The number of nitrogens with zero attached hydrogens (tertiary/aromatic N) is 2. The predicted molar refractivity (Wildman–Crippen MR) is 115 cm³/mol.